The molecule has 0 radical (unpaired) electrons. The maximum absolute atomic E-state index is 13.9. The Balaban J connectivity index is 2.14. The van der Waals surface area contributed by atoms with E-state index in [1.807, 2.05) is 6.07 Å². The van der Waals surface area contributed by atoms with Crippen LogP contribution in [0.3, 0.4) is 0 Å². The molecular formula is C22H15F4N7O2S. The number of nitrogen functional groups attached to an aromatic ring is 1. The van der Waals surface area contributed by atoms with Crippen molar-refractivity contribution in [2.24, 2.45) is 0 Å². The van der Waals surface area contributed by atoms with Gasteiger partial charge in [-0.3, -0.25) is 9.27 Å². The Bertz CT molecular complexity index is 1530. The fraction of sp³-hybridized carbons (Fsp3) is 0.0909. The van der Waals surface area contributed by atoms with E-state index in [9.17, 15) is 31.6 Å². The number of aromatic nitrogens is 4. The van der Waals surface area contributed by atoms with Gasteiger partial charge in [-0.1, -0.05) is 12.1 Å². The number of benzene rings is 2. The van der Waals surface area contributed by atoms with Gasteiger partial charge in [0.25, 0.3) is 11.3 Å². The number of aryl methyl sites for hydroxylation is 1. The number of nitrogens with zero attached hydrogens (tertiary/aromatic N) is 5. The Morgan fingerprint density at radius 1 is 1.14 bits per heavy atom. The van der Waals surface area contributed by atoms with Gasteiger partial charge in [-0.2, -0.15) is 28.2 Å². The summed E-state index contributed by atoms with van der Waals surface area (Å²) in [6.07, 6.45) is -4.98. The quantitative estimate of drug-likeness (QED) is 0.262. The van der Waals surface area contributed by atoms with Crippen LogP contribution < -0.4 is 10.5 Å². The molecule has 4 N–H and O–H groups in total. The van der Waals surface area contributed by atoms with Crippen molar-refractivity contribution in [3.8, 4) is 34.3 Å². The van der Waals surface area contributed by atoms with E-state index in [0.717, 1.165) is 16.8 Å². The minimum atomic E-state index is -4.98. The molecule has 0 saturated carbocycles. The molecule has 0 saturated heterocycles. The van der Waals surface area contributed by atoms with E-state index in [1.165, 1.54) is 43.3 Å². The summed E-state index contributed by atoms with van der Waals surface area (Å²) in [6, 6.07) is 12.3. The molecule has 0 bridgehead atoms. The van der Waals surface area contributed by atoms with Gasteiger partial charge in [-0.25, -0.2) is 18.6 Å². The predicted molar refractivity (Wildman–Crippen MR) is 123 cm³/mol. The molecule has 0 amide bonds. The molecule has 0 spiro atoms. The van der Waals surface area contributed by atoms with Crippen molar-refractivity contribution in [1.82, 2.24) is 19.7 Å². The zero-order chi connectivity index (χ0) is 26.2. The Morgan fingerprint density at radius 3 is 2.42 bits per heavy atom. The van der Waals surface area contributed by atoms with E-state index in [0.29, 0.717) is 0 Å². The third kappa shape index (κ3) is 4.74. The predicted octanol–water partition coefficient (Wildman–Crippen LogP) is 4.47. The van der Waals surface area contributed by atoms with E-state index < -0.39 is 34.9 Å². The fourth-order valence-corrected chi connectivity index (χ4v) is 3.82. The number of nitrogens with two attached hydrogens (primary N) is 1. The molecule has 0 aliphatic heterocycles. The van der Waals surface area contributed by atoms with Gasteiger partial charge in [0.1, 0.15) is 23.3 Å². The lowest BCUT2D eigenvalue weighted by molar-refractivity contribution is -0.144. The largest absolute Gasteiger partial charge is 0.451 e. The van der Waals surface area contributed by atoms with Crippen molar-refractivity contribution in [3.63, 3.8) is 0 Å². The zero-order valence-corrected chi connectivity index (χ0v) is 19.0. The van der Waals surface area contributed by atoms with Gasteiger partial charge in [0, 0.05) is 11.3 Å². The normalized spacial score (nSPS) is 12.2. The van der Waals surface area contributed by atoms with Gasteiger partial charge in [0.05, 0.1) is 17.0 Å². The highest BCUT2D eigenvalue weighted by Gasteiger charge is 2.37. The molecule has 1 atom stereocenters. The molecule has 2 heterocycles. The van der Waals surface area contributed by atoms with Crippen molar-refractivity contribution >= 4 is 22.8 Å². The summed E-state index contributed by atoms with van der Waals surface area (Å²) in [7, 11) is 0. The average molecular weight is 517 g/mol. The Kier molecular flexibility index (Phi) is 6.44. The second-order valence-corrected chi connectivity index (χ2v) is 8.10. The summed E-state index contributed by atoms with van der Waals surface area (Å²) >= 11 is -2.43. The highest BCUT2D eigenvalue weighted by Crippen LogP contribution is 2.39. The zero-order valence-electron chi connectivity index (χ0n) is 18.2. The lowest BCUT2D eigenvalue weighted by Crippen LogP contribution is -2.17. The first-order valence-corrected chi connectivity index (χ1v) is 11.1. The molecule has 1 unspecified atom stereocenters. The van der Waals surface area contributed by atoms with Crippen LogP contribution >= 0.6 is 0 Å². The van der Waals surface area contributed by atoms with E-state index >= 15 is 0 Å². The minimum Gasteiger partial charge on any atom is -0.382 e. The number of alkyl halides is 3. The highest BCUT2D eigenvalue weighted by molar-refractivity contribution is 7.80. The molecule has 0 aliphatic carbocycles. The second-order valence-electron chi connectivity index (χ2n) is 7.40. The second kappa shape index (κ2) is 9.36. The van der Waals surface area contributed by atoms with Crippen molar-refractivity contribution in [2.45, 2.75) is 13.1 Å². The van der Waals surface area contributed by atoms with Crippen molar-refractivity contribution in [3.05, 3.63) is 71.4 Å². The molecule has 4 aromatic rings. The Morgan fingerprint density at radius 2 is 1.83 bits per heavy atom. The summed E-state index contributed by atoms with van der Waals surface area (Å²) in [4.78, 5) is 7.45. The number of hydrogen-bond donors (Lipinski definition) is 3. The maximum Gasteiger partial charge on any atom is 0.451 e. The lowest BCUT2D eigenvalue weighted by atomic mass is 9.98. The lowest BCUT2D eigenvalue weighted by Gasteiger charge is -2.18. The maximum atomic E-state index is 13.9. The van der Waals surface area contributed by atoms with Crippen molar-refractivity contribution in [2.75, 3.05) is 10.5 Å². The SMILES string of the molecule is Cc1nn(-c2nc(C(F)(F)F)nc(-c3ccc(F)cc3)c2-c2cccc(NS(=O)O)c2)c(N)c1C#N. The molecule has 0 aliphatic rings. The molecule has 2 aromatic heterocycles. The van der Waals surface area contributed by atoms with Gasteiger partial charge in [-0.15, -0.1) is 0 Å². The molecule has 36 heavy (non-hydrogen) atoms. The fourth-order valence-electron chi connectivity index (χ4n) is 3.50. The Hall–Kier alpha value is -4.35. The van der Waals surface area contributed by atoms with Crippen LogP contribution in [0.2, 0.25) is 0 Å². The molecule has 2 aromatic carbocycles. The standard InChI is InChI=1S/C22H15F4N7O2S/c1-11-16(10-27)19(28)33(31-11)20-17(13-3-2-4-15(9-13)32-36(34)35)18(12-5-7-14(23)8-6-12)29-21(30-20)22(24,25)26/h2-9,32H,28H2,1H3,(H,34,35). The molecule has 9 nitrogen and oxygen atoms in total. The molecule has 14 heteroatoms. The van der Waals surface area contributed by atoms with Crippen LogP contribution in [0.5, 0.6) is 0 Å². The van der Waals surface area contributed by atoms with Crippen LogP contribution in [-0.4, -0.2) is 28.5 Å². The van der Waals surface area contributed by atoms with Crippen LogP contribution in [-0.2, 0) is 17.4 Å². The molecule has 184 valence electrons. The number of anilines is 2. The first kappa shape index (κ1) is 24.8. The number of rotatable bonds is 5. The minimum absolute atomic E-state index is 0.000620. The summed E-state index contributed by atoms with van der Waals surface area (Å²) in [5.74, 6) is -2.79. The van der Waals surface area contributed by atoms with Crippen LogP contribution in [0.15, 0.2) is 48.5 Å². The first-order chi connectivity index (χ1) is 17.0. The van der Waals surface area contributed by atoms with Crippen molar-refractivity contribution in [1.29, 1.82) is 5.26 Å². The van der Waals surface area contributed by atoms with Crippen LogP contribution in [0.1, 0.15) is 17.1 Å². The Labute approximate surface area is 203 Å². The first-order valence-electron chi connectivity index (χ1n) is 9.98. The topological polar surface area (TPSA) is 143 Å². The van der Waals surface area contributed by atoms with E-state index in [4.69, 9.17) is 5.73 Å². The third-order valence-electron chi connectivity index (χ3n) is 5.03. The molecule has 0 fully saturated rings. The van der Waals surface area contributed by atoms with Gasteiger partial charge in [0.15, 0.2) is 5.82 Å². The summed E-state index contributed by atoms with van der Waals surface area (Å²) in [5.41, 5.74) is 6.42. The van der Waals surface area contributed by atoms with E-state index in [-0.39, 0.29) is 45.1 Å². The summed E-state index contributed by atoms with van der Waals surface area (Å²) < 4.78 is 78.8. The van der Waals surface area contributed by atoms with Gasteiger partial charge in [0.2, 0.25) is 5.82 Å². The smallest absolute Gasteiger partial charge is 0.382 e. The van der Waals surface area contributed by atoms with Crippen LogP contribution in [0, 0.1) is 24.1 Å². The molecular weight excluding hydrogens is 502 g/mol. The number of nitriles is 1. The van der Waals surface area contributed by atoms with Crippen LogP contribution in [0.25, 0.3) is 28.2 Å². The number of hydrogen-bond acceptors (Lipinski definition) is 6. The highest BCUT2D eigenvalue weighted by atomic mass is 32.2. The van der Waals surface area contributed by atoms with Crippen LogP contribution in [0.4, 0.5) is 29.1 Å². The van der Waals surface area contributed by atoms with Gasteiger partial charge < -0.3 is 5.73 Å². The monoisotopic (exact) mass is 517 g/mol. The van der Waals surface area contributed by atoms with E-state index in [1.54, 1.807) is 0 Å². The average Bonchev–Trinajstić information content (AvgIpc) is 3.10. The van der Waals surface area contributed by atoms with Gasteiger partial charge in [-0.05, 0) is 48.9 Å². The number of nitrogens with one attached hydrogen (secondary N) is 1. The van der Waals surface area contributed by atoms with Gasteiger partial charge >= 0.3 is 6.18 Å². The summed E-state index contributed by atoms with van der Waals surface area (Å²) in [5, 5.41) is 13.5. The van der Waals surface area contributed by atoms with E-state index in [2.05, 4.69) is 19.8 Å². The summed E-state index contributed by atoms with van der Waals surface area (Å²) in [6.45, 7) is 1.46. The number of halogens is 4. The molecule has 4 rings (SSSR count). The van der Waals surface area contributed by atoms with Crippen molar-refractivity contribution < 1.29 is 26.3 Å². The third-order valence-corrected chi connectivity index (χ3v) is 5.44.